The molecule has 19 heavy (non-hydrogen) atoms. The first-order chi connectivity index (χ1) is 9.16. The number of aryl methyl sites for hydroxylation is 3. The molecule has 2 aromatic rings. The third kappa shape index (κ3) is 3.78. The Morgan fingerprint density at radius 3 is 2.42 bits per heavy atom. The summed E-state index contributed by atoms with van der Waals surface area (Å²) in [4.78, 5) is 12.2. The predicted octanol–water partition coefficient (Wildman–Crippen LogP) is 4.51. The highest BCUT2D eigenvalue weighted by Gasteiger charge is 2.08. The number of Topliss-reactive ketones (excluding diaryl/α,β-unsaturated/α-hetero) is 1. The van der Waals surface area contributed by atoms with Crippen molar-refractivity contribution in [3.63, 3.8) is 0 Å². The number of carbonyl (C=O) groups excluding carboxylic acids is 1. The van der Waals surface area contributed by atoms with Gasteiger partial charge in [0.05, 0.1) is 0 Å². The first-order valence-corrected chi connectivity index (χ1v) is 6.81. The van der Waals surface area contributed by atoms with E-state index < -0.39 is 0 Å². The molecule has 2 rings (SSSR count). The van der Waals surface area contributed by atoms with Gasteiger partial charge in [0.1, 0.15) is 0 Å². The van der Waals surface area contributed by atoms with E-state index in [1.165, 1.54) is 11.1 Å². The van der Waals surface area contributed by atoms with Gasteiger partial charge in [-0.3, -0.25) is 4.79 Å². The molecule has 0 bridgehead atoms. The molecule has 1 heteroatoms. The molecule has 0 amide bonds. The number of benzene rings is 2. The second-order valence-electron chi connectivity index (χ2n) is 5.08. The van der Waals surface area contributed by atoms with E-state index in [0.717, 1.165) is 24.0 Å². The summed E-state index contributed by atoms with van der Waals surface area (Å²) in [5, 5.41) is 0. The number of hydrogen-bond acceptors (Lipinski definition) is 1. The average molecular weight is 252 g/mol. The third-order valence-electron chi connectivity index (χ3n) is 3.39. The number of carbonyl (C=O) groups is 1. The van der Waals surface area contributed by atoms with Crippen molar-refractivity contribution >= 4 is 5.78 Å². The fourth-order valence-electron chi connectivity index (χ4n) is 2.36. The molecular formula is C18H20O. The molecule has 0 unspecified atom stereocenters. The summed E-state index contributed by atoms with van der Waals surface area (Å²) in [6.07, 6.45) is 2.51. The van der Waals surface area contributed by atoms with Gasteiger partial charge in [-0.2, -0.15) is 0 Å². The number of ketones is 1. The zero-order valence-electron chi connectivity index (χ0n) is 11.6. The topological polar surface area (TPSA) is 17.1 Å². The molecule has 0 aliphatic heterocycles. The van der Waals surface area contributed by atoms with Crippen LogP contribution in [-0.2, 0) is 6.42 Å². The highest BCUT2D eigenvalue weighted by molar-refractivity contribution is 5.97. The van der Waals surface area contributed by atoms with E-state index in [4.69, 9.17) is 0 Å². The Bertz CT molecular complexity index is 555. The second kappa shape index (κ2) is 6.33. The lowest BCUT2D eigenvalue weighted by molar-refractivity contribution is 0.0979. The van der Waals surface area contributed by atoms with Crippen LogP contribution in [-0.4, -0.2) is 5.78 Å². The maximum Gasteiger partial charge on any atom is 0.163 e. The molecule has 0 saturated heterocycles. The highest BCUT2D eigenvalue weighted by Crippen LogP contribution is 2.14. The zero-order valence-corrected chi connectivity index (χ0v) is 11.6. The quantitative estimate of drug-likeness (QED) is 0.716. The summed E-state index contributed by atoms with van der Waals surface area (Å²) in [6.45, 7) is 4.06. The largest absolute Gasteiger partial charge is 0.294 e. The molecular weight excluding hydrogens is 232 g/mol. The highest BCUT2D eigenvalue weighted by atomic mass is 16.1. The maximum atomic E-state index is 12.2. The molecule has 0 heterocycles. The van der Waals surface area contributed by atoms with Gasteiger partial charge in [-0.15, -0.1) is 0 Å². The van der Waals surface area contributed by atoms with E-state index in [2.05, 4.69) is 25.1 Å². The Labute approximate surface area is 115 Å². The monoisotopic (exact) mass is 252 g/mol. The van der Waals surface area contributed by atoms with Gasteiger partial charge >= 0.3 is 0 Å². The maximum absolute atomic E-state index is 12.2. The lowest BCUT2D eigenvalue weighted by Gasteiger charge is -2.06. The van der Waals surface area contributed by atoms with E-state index in [1.807, 2.05) is 37.3 Å². The van der Waals surface area contributed by atoms with Gasteiger partial charge in [-0.1, -0.05) is 54.1 Å². The van der Waals surface area contributed by atoms with Crippen molar-refractivity contribution in [3.8, 4) is 0 Å². The van der Waals surface area contributed by atoms with Crippen molar-refractivity contribution in [2.24, 2.45) is 0 Å². The van der Waals surface area contributed by atoms with E-state index in [9.17, 15) is 4.79 Å². The second-order valence-corrected chi connectivity index (χ2v) is 5.08. The Kier molecular flexibility index (Phi) is 4.51. The normalized spacial score (nSPS) is 10.4. The van der Waals surface area contributed by atoms with Crippen LogP contribution in [0.5, 0.6) is 0 Å². The molecule has 0 N–H and O–H groups in total. The third-order valence-corrected chi connectivity index (χ3v) is 3.39. The van der Waals surface area contributed by atoms with Gasteiger partial charge in [0.25, 0.3) is 0 Å². The smallest absolute Gasteiger partial charge is 0.163 e. The summed E-state index contributed by atoms with van der Waals surface area (Å²) in [7, 11) is 0. The molecule has 0 spiro atoms. The molecule has 0 aromatic heterocycles. The van der Waals surface area contributed by atoms with Crippen molar-refractivity contribution in [2.75, 3.05) is 0 Å². The minimum Gasteiger partial charge on any atom is -0.294 e. The van der Waals surface area contributed by atoms with E-state index >= 15 is 0 Å². The minimum absolute atomic E-state index is 0.258. The molecule has 0 radical (unpaired) electrons. The Balaban J connectivity index is 1.91. The summed E-state index contributed by atoms with van der Waals surface area (Å²) in [5.74, 6) is 0.258. The van der Waals surface area contributed by atoms with Crippen LogP contribution in [0.25, 0.3) is 0 Å². The van der Waals surface area contributed by atoms with Crippen LogP contribution in [0.1, 0.15) is 39.9 Å². The van der Waals surface area contributed by atoms with Crippen LogP contribution in [0.3, 0.4) is 0 Å². The molecule has 0 aliphatic rings. The van der Waals surface area contributed by atoms with Gasteiger partial charge in [-0.25, -0.2) is 0 Å². The molecule has 0 fully saturated rings. The Hall–Kier alpha value is -1.89. The van der Waals surface area contributed by atoms with Gasteiger partial charge in [-0.05, 0) is 37.8 Å². The van der Waals surface area contributed by atoms with Gasteiger partial charge in [0.2, 0.25) is 0 Å². The molecule has 98 valence electrons. The first-order valence-electron chi connectivity index (χ1n) is 6.81. The summed E-state index contributed by atoms with van der Waals surface area (Å²) in [6, 6.07) is 16.4. The predicted molar refractivity (Wildman–Crippen MR) is 79.6 cm³/mol. The van der Waals surface area contributed by atoms with E-state index in [-0.39, 0.29) is 5.78 Å². The Morgan fingerprint density at radius 1 is 1.00 bits per heavy atom. The van der Waals surface area contributed by atoms with E-state index in [0.29, 0.717) is 6.42 Å². The van der Waals surface area contributed by atoms with Crippen LogP contribution in [0.4, 0.5) is 0 Å². The van der Waals surface area contributed by atoms with Crippen molar-refractivity contribution < 1.29 is 4.79 Å². The average Bonchev–Trinajstić information content (AvgIpc) is 2.39. The fourth-order valence-corrected chi connectivity index (χ4v) is 2.36. The van der Waals surface area contributed by atoms with Crippen LogP contribution < -0.4 is 0 Å². The van der Waals surface area contributed by atoms with Crippen molar-refractivity contribution in [2.45, 2.75) is 33.1 Å². The van der Waals surface area contributed by atoms with Gasteiger partial charge in [0, 0.05) is 12.0 Å². The first kappa shape index (κ1) is 13.5. The van der Waals surface area contributed by atoms with Crippen LogP contribution in [0.15, 0.2) is 48.5 Å². The summed E-state index contributed by atoms with van der Waals surface area (Å²) in [5.41, 5.74) is 4.47. The van der Waals surface area contributed by atoms with Gasteiger partial charge < -0.3 is 0 Å². The fraction of sp³-hybridized carbons (Fsp3) is 0.278. The SMILES string of the molecule is Cc1ccc(C(=O)CCCc2ccccc2)c(C)c1. The van der Waals surface area contributed by atoms with Crippen molar-refractivity contribution in [1.29, 1.82) is 0 Å². The zero-order chi connectivity index (χ0) is 13.7. The Morgan fingerprint density at radius 2 is 1.74 bits per heavy atom. The molecule has 0 saturated carbocycles. The number of rotatable bonds is 5. The lowest BCUT2D eigenvalue weighted by atomic mass is 9.98. The molecule has 2 aromatic carbocycles. The molecule has 0 aliphatic carbocycles. The van der Waals surface area contributed by atoms with E-state index in [1.54, 1.807) is 0 Å². The summed E-state index contributed by atoms with van der Waals surface area (Å²) < 4.78 is 0. The molecule has 1 nitrogen and oxygen atoms in total. The van der Waals surface area contributed by atoms with Gasteiger partial charge in [0.15, 0.2) is 5.78 Å². The molecule has 0 atom stereocenters. The minimum atomic E-state index is 0.258. The lowest BCUT2D eigenvalue weighted by Crippen LogP contribution is -2.02. The number of hydrogen-bond donors (Lipinski definition) is 0. The van der Waals surface area contributed by atoms with Crippen LogP contribution in [0, 0.1) is 13.8 Å². The van der Waals surface area contributed by atoms with Crippen molar-refractivity contribution in [3.05, 3.63) is 70.8 Å². The van der Waals surface area contributed by atoms with Crippen LogP contribution in [0.2, 0.25) is 0 Å². The standard InChI is InChI=1S/C18H20O/c1-14-11-12-17(15(2)13-14)18(19)10-6-9-16-7-4-3-5-8-16/h3-5,7-8,11-13H,6,9-10H2,1-2H3. The van der Waals surface area contributed by atoms with Crippen LogP contribution >= 0.6 is 0 Å². The summed E-state index contributed by atoms with van der Waals surface area (Å²) >= 11 is 0. The van der Waals surface area contributed by atoms with Crippen molar-refractivity contribution in [1.82, 2.24) is 0 Å².